The summed E-state index contributed by atoms with van der Waals surface area (Å²) >= 11 is 0. The van der Waals surface area contributed by atoms with E-state index in [0.29, 0.717) is 11.3 Å². The number of rotatable bonds is 3. The lowest BCUT2D eigenvalue weighted by molar-refractivity contribution is 0.495. The molecule has 1 atom stereocenters. The highest BCUT2D eigenvalue weighted by atomic mass is 15.1. The summed E-state index contributed by atoms with van der Waals surface area (Å²) in [6.45, 7) is 5.86. The Morgan fingerprint density at radius 3 is 2.74 bits per heavy atom. The van der Waals surface area contributed by atoms with Gasteiger partial charge in [0, 0.05) is 18.2 Å². The van der Waals surface area contributed by atoms with Gasteiger partial charge in [0.15, 0.2) is 0 Å². The van der Waals surface area contributed by atoms with Crippen LogP contribution < -0.4 is 5.73 Å². The van der Waals surface area contributed by atoms with Gasteiger partial charge in [0.1, 0.15) is 5.82 Å². The Morgan fingerprint density at radius 2 is 2.11 bits per heavy atom. The number of nitrogens with two attached hydrogens (primary N) is 1. The summed E-state index contributed by atoms with van der Waals surface area (Å²) in [6.07, 6.45) is 3.94. The largest absolute Gasteiger partial charge is 0.399 e. The van der Waals surface area contributed by atoms with E-state index in [1.54, 1.807) is 0 Å². The first kappa shape index (κ1) is 11.3. The summed E-state index contributed by atoms with van der Waals surface area (Å²) < 4.78 is 2.46. The van der Waals surface area contributed by atoms with E-state index >= 15 is 0 Å². The quantitative estimate of drug-likeness (QED) is 0.852. The van der Waals surface area contributed by atoms with E-state index in [1.807, 2.05) is 12.1 Å². The van der Waals surface area contributed by atoms with E-state index in [2.05, 4.69) is 24.5 Å². The highest BCUT2D eigenvalue weighted by molar-refractivity contribution is 5.80. The SMILES string of the molecule is CC1(C)CC1Cn1c(C2CC2)nc2cc(N)ccc21. The second kappa shape index (κ2) is 3.53. The van der Waals surface area contributed by atoms with Crippen LogP contribution in [0.1, 0.15) is 44.9 Å². The number of anilines is 1. The van der Waals surface area contributed by atoms with Gasteiger partial charge in [-0.1, -0.05) is 13.8 Å². The van der Waals surface area contributed by atoms with Gasteiger partial charge in [-0.15, -0.1) is 0 Å². The molecule has 1 aromatic carbocycles. The van der Waals surface area contributed by atoms with Gasteiger partial charge >= 0.3 is 0 Å². The first-order chi connectivity index (χ1) is 9.04. The molecule has 3 heteroatoms. The Labute approximate surface area is 113 Å². The van der Waals surface area contributed by atoms with Gasteiger partial charge in [0.05, 0.1) is 11.0 Å². The van der Waals surface area contributed by atoms with E-state index in [0.717, 1.165) is 23.7 Å². The average Bonchev–Trinajstić information content (AvgIpc) is 3.23. The molecule has 2 saturated carbocycles. The summed E-state index contributed by atoms with van der Waals surface area (Å²) in [5.41, 5.74) is 9.55. The van der Waals surface area contributed by atoms with Gasteiger partial charge in [-0.25, -0.2) is 4.98 Å². The predicted molar refractivity (Wildman–Crippen MR) is 78.0 cm³/mol. The number of nitrogens with zero attached hydrogens (tertiary/aromatic N) is 2. The Bertz CT molecular complexity index is 649. The molecule has 2 N–H and O–H groups in total. The average molecular weight is 255 g/mol. The Balaban J connectivity index is 1.79. The third-order valence-electron chi connectivity index (χ3n) is 4.86. The van der Waals surface area contributed by atoms with E-state index < -0.39 is 0 Å². The Hall–Kier alpha value is -1.51. The molecule has 1 unspecified atom stereocenters. The molecule has 3 nitrogen and oxygen atoms in total. The summed E-state index contributed by atoms with van der Waals surface area (Å²) in [4.78, 5) is 4.85. The monoisotopic (exact) mass is 255 g/mol. The van der Waals surface area contributed by atoms with E-state index in [4.69, 9.17) is 10.7 Å². The normalized spacial score (nSPS) is 24.8. The van der Waals surface area contributed by atoms with Gasteiger partial charge < -0.3 is 10.3 Å². The number of benzene rings is 1. The maximum absolute atomic E-state index is 5.88. The van der Waals surface area contributed by atoms with Gasteiger partial charge in [0.25, 0.3) is 0 Å². The first-order valence-corrected chi connectivity index (χ1v) is 7.30. The highest BCUT2D eigenvalue weighted by Crippen LogP contribution is 2.53. The van der Waals surface area contributed by atoms with Crippen LogP contribution in [0.3, 0.4) is 0 Å². The molecular weight excluding hydrogens is 234 g/mol. The number of hydrogen-bond donors (Lipinski definition) is 1. The molecule has 0 radical (unpaired) electrons. The third-order valence-corrected chi connectivity index (χ3v) is 4.86. The van der Waals surface area contributed by atoms with E-state index in [1.165, 1.54) is 30.6 Å². The van der Waals surface area contributed by atoms with Crippen molar-refractivity contribution in [3.63, 3.8) is 0 Å². The minimum absolute atomic E-state index is 0.519. The molecule has 19 heavy (non-hydrogen) atoms. The fourth-order valence-electron chi connectivity index (χ4n) is 3.12. The fraction of sp³-hybridized carbons (Fsp3) is 0.562. The van der Waals surface area contributed by atoms with Crippen LogP contribution in [0, 0.1) is 11.3 Å². The molecule has 2 fully saturated rings. The zero-order chi connectivity index (χ0) is 13.2. The van der Waals surface area contributed by atoms with Gasteiger partial charge in [0.2, 0.25) is 0 Å². The van der Waals surface area contributed by atoms with Gasteiger partial charge in [-0.2, -0.15) is 0 Å². The zero-order valence-electron chi connectivity index (χ0n) is 11.7. The van der Waals surface area contributed by atoms with Crippen LogP contribution in [-0.4, -0.2) is 9.55 Å². The highest BCUT2D eigenvalue weighted by Gasteiger charge is 2.46. The van der Waals surface area contributed by atoms with E-state index in [-0.39, 0.29) is 0 Å². The minimum atomic E-state index is 0.519. The van der Waals surface area contributed by atoms with Crippen molar-refractivity contribution in [2.45, 2.75) is 45.6 Å². The molecule has 0 bridgehead atoms. The van der Waals surface area contributed by atoms with Crippen LogP contribution in [-0.2, 0) is 6.54 Å². The standard InChI is InChI=1S/C16H21N3/c1-16(2)8-11(16)9-19-14-6-5-12(17)7-13(14)18-15(19)10-3-4-10/h5-7,10-11H,3-4,8-9,17H2,1-2H3. The lowest BCUT2D eigenvalue weighted by Crippen LogP contribution is -2.07. The number of fused-ring (bicyclic) bond motifs is 1. The smallest absolute Gasteiger partial charge is 0.113 e. The lowest BCUT2D eigenvalue weighted by atomic mass is 10.1. The summed E-state index contributed by atoms with van der Waals surface area (Å²) in [5, 5.41) is 0. The van der Waals surface area contributed by atoms with Crippen LogP contribution in [0.4, 0.5) is 5.69 Å². The fourth-order valence-corrected chi connectivity index (χ4v) is 3.12. The predicted octanol–water partition coefficient (Wildman–Crippen LogP) is 3.54. The van der Waals surface area contributed by atoms with Crippen molar-refractivity contribution in [1.29, 1.82) is 0 Å². The number of aromatic nitrogens is 2. The van der Waals surface area contributed by atoms with Gasteiger partial charge in [-0.3, -0.25) is 0 Å². The Kier molecular flexibility index (Phi) is 2.10. The van der Waals surface area contributed by atoms with E-state index in [9.17, 15) is 0 Å². The van der Waals surface area contributed by atoms with Crippen molar-refractivity contribution in [3.05, 3.63) is 24.0 Å². The van der Waals surface area contributed by atoms with Crippen molar-refractivity contribution in [1.82, 2.24) is 9.55 Å². The van der Waals surface area contributed by atoms with Crippen molar-refractivity contribution in [2.24, 2.45) is 11.3 Å². The third kappa shape index (κ3) is 1.83. The molecular formula is C16H21N3. The topological polar surface area (TPSA) is 43.8 Å². The van der Waals surface area contributed by atoms with Crippen molar-refractivity contribution < 1.29 is 0 Å². The molecule has 1 heterocycles. The van der Waals surface area contributed by atoms with Crippen LogP contribution in [0.15, 0.2) is 18.2 Å². The molecule has 100 valence electrons. The maximum atomic E-state index is 5.88. The molecule has 0 aliphatic heterocycles. The number of nitrogen functional groups attached to an aromatic ring is 1. The molecule has 2 aliphatic rings. The molecule has 2 aromatic rings. The minimum Gasteiger partial charge on any atom is -0.399 e. The van der Waals surface area contributed by atoms with Crippen LogP contribution >= 0.6 is 0 Å². The molecule has 1 aromatic heterocycles. The number of imidazole rings is 1. The van der Waals surface area contributed by atoms with Crippen LogP contribution in [0.2, 0.25) is 0 Å². The summed E-state index contributed by atoms with van der Waals surface area (Å²) in [5.74, 6) is 2.79. The van der Waals surface area contributed by atoms with Crippen LogP contribution in [0.25, 0.3) is 11.0 Å². The number of hydrogen-bond acceptors (Lipinski definition) is 2. The zero-order valence-corrected chi connectivity index (χ0v) is 11.7. The molecule has 4 rings (SSSR count). The molecule has 0 saturated heterocycles. The summed E-state index contributed by atoms with van der Waals surface area (Å²) in [7, 11) is 0. The molecule has 0 spiro atoms. The maximum Gasteiger partial charge on any atom is 0.113 e. The van der Waals surface area contributed by atoms with Crippen molar-refractivity contribution in [3.8, 4) is 0 Å². The second-order valence-electron chi connectivity index (χ2n) is 6.99. The van der Waals surface area contributed by atoms with Gasteiger partial charge in [-0.05, 0) is 48.8 Å². The first-order valence-electron chi connectivity index (χ1n) is 7.30. The van der Waals surface area contributed by atoms with Crippen molar-refractivity contribution in [2.75, 3.05) is 5.73 Å². The van der Waals surface area contributed by atoms with Crippen LogP contribution in [0.5, 0.6) is 0 Å². The Morgan fingerprint density at radius 1 is 1.37 bits per heavy atom. The molecule has 0 amide bonds. The van der Waals surface area contributed by atoms with Crippen molar-refractivity contribution >= 4 is 16.7 Å². The summed E-state index contributed by atoms with van der Waals surface area (Å²) in [6, 6.07) is 6.14. The second-order valence-corrected chi connectivity index (χ2v) is 6.99. The lowest BCUT2D eigenvalue weighted by Gasteiger charge is -2.10. The molecule has 2 aliphatic carbocycles.